The first-order valence-electron chi connectivity index (χ1n) is 7.97. The second-order valence-electron chi connectivity index (χ2n) is 5.75. The molecule has 3 rings (SSSR count). The Hall–Kier alpha value is -2.05. The highest BCUT2D eigenvalue weighted by Crippen LogP contribution is 2.33. The zero-order chi connectivity index (χ0) is 16.9. The van der Waals surface area contributed by atoms with Crippen LogP contribution in [0.25, 0.3) is 11.1 Å². The third kappa shape index (κ3) is 3.88. The van der Waals surface area contributed by atoms with Gasteiger partial charge in [0.05, 0.1) is 12.0 Å². The molecular formula is C18H20N2O3S. The van der Waals surface area contributed by atoms with Crippen LogP contribution in [0.3, 0.4) is 0 Å². The summed E-state index contributed by atoms with van der Waals surface area (Å²) in [6.45, 7) is 1.97. The zero-order valence-electron chi connectivity index (χ0n) is 13.6. The molecule has 0 radical (unpaired) electrons. The van der Waals surface area contributed by atoms with Gasteiger partial charge in [-0.3, -0.25) is 10.1 Å². The normalized spacial score (nSPS) is 15.2. The molecule has 0 N–H and O–H groups in total. The van der Waals surface area contributed by atoms with Crippen LogP contribution >= 0.6 is 11.9 Å². The summed E-state index contributed by atoms with van der Waals surface area (Å²) in [5.41, 5.74) is 2.97. The van der Waals surface area contributed by atoms with Crippen LogP contribution in [-0.4, -0.2) is 28.6 Å². The van der Waals surface area contributed by atoms with E-state index in [1.807, 2.05) is 24.1 Å². The quantitative estimate of drug-likeness (QED) is 0.454. The van der Waals surface area contributed by atoms with E-state index >= 15 is 0 Å². The van der Waals surface area contributed by atoms with Crippen LogP contribution in [-0.2, 0) is 6.54 Å². The van der Waals surface area contributed by atoms with E-state index < -0.39 is 0 Å². The number of nitro groups is 1. The summed E-state index contributed by atoms with van der Waals surface area (Å²) < 4.78 is 7.83. The average Bonchev–Trinajstić information content (AvgIpc) is 2.62. The number of hydrogen-bond acceptors (Lipinski definition) is 5. The van der Waals surface area contributed by atoms with Gasteiger partial charge in [0.15, 0.2) is 0 Å². The first-order valence-corrected chi connectivity index (χ1v) is 8.91. The minimum Gasteiger partial charge on any atom is -0.496 e. The highest BCUT2D eigenvalue weighted by molar-refractivity contribution is 7.97. The van der Waals surface area contributed by atoms with Crippen LogP contribution in [0.15, 0.2) is 42.5 Å². The summed E-state index contributed by atoms with van der Waals surface area (Å²) >= 11 is 1.89. The van der Waals surface area contributed by atoms with Crippen molar-refractivity contribution >= 4 is 17.6 Å². The topological polar surface area (TPSA) is 55.6 Å². The first kappa shape index (κ1) is 16.8. The molecular weight excluding hydrogens is 324 g/mol. The molecule has 5 nitrogen and oxygen atoms in total. The lowest BCUT2D eigenvalue weighted by molar-refractivity contribution is -0.384. The van der Waals surface area contributed by atoms with Gasteiger partial charge in [-0.2, -0.15) is 0 Å². The summed E-state index contributed by atoms with van der Waals surface area (Å²) in [7, 11) is 1.62. The van der Waals surface area contributed by atoms with Crippen LogP contribution in [0, 0.1) is 10.1 Å². The molecule has 0 saturated carbocycles. The third-order valence-corrected chi connectivity index (χ3v) is 5.21. The smallest absolute Gasteiger partial charge is 0.270 e. The van der Waals surface area contributed by atoms with E-state index in [0.29, 0.717) is 0 Å². The van der Waals surface area contributed by atoms with E-state index in [2.05, 4.69) is 16.4 Å². The van der Waals surface area contributed by atoms with E-state index in [4.69, 9.17) is 4.74 Å². The molecule has 126 valence electrons. The van der Waals surface area contributed by atoms with Crippen molar-refractivity contribution in [2.75, 3.05) is 19.4 Å². The van der Waals surface area contributed by atoms with Gasteiger partial charge in [0.2, 0.25) is 0 Å². The minimum atomic E-state index is -0.371. The fraction of sp³-hybridized carbons (Fsp3) is 0.333. The summed E-state index contributed by atoms with van der Waals surface area (Å²) in [6.07, 6.45) is 2.52. The lowest BCUT2D eigenvalue weighted by atomic mass is 10.0. The molecule has 0 unspecified atom stereocenters. The van der Waals surface area contributed by atoms with Crippen molar-refractivity contribution in [3.05, 3.63) is 58.1 Å². The summed E-state index contributed by atoms with van der Waals surface area (Å²) in [5, 5.41) is 11.0. The van der Waals surface area contributed by atoms with Gasteiger partial charge in [-0.1, -0.05) is 30.1 Å². The summed E-state index contributed by atoms with van der Waals surface area (Å²) in [5.74, 6) is 1.90. The fourth-order valence-corrected chi connectivity index (χ4v) is 3.93. The van der Waals surface area contributed by atoms with Crippen LogP contribution in [0.2, 0.25) is 0 Å². The highest BCUT2D eigenvalue weighted by atomic mass is 32.2. The monoisotopic (exact) mass is 344 g/mol. The van der Waals surface area contributed by atoms with E-state index in [1.54, 1.807) is 19.2 Å². The van der Waals surface area contributed by atoms with Gasteiger partial charge in [0.1, 0.15) is 5.75 Å². The lowest BCUT2D eigenvalue weighted by Gasteiger charge is -2.25. The Labute approximate surface area is 145 Å². The van der Waals surface area contributed by atoms with E-state index in [9.17, 15) is 10.1 Å². The van der Waals surface area contributed by atoms with Gasteiger partial charge < -0.3 is 4.74 Å². The molecule has 6 heteroatoms. The molecule has 1 aliphatic heterocycles. The molecule has 2 aromatic rings. The average molecular weight is 344 g/mol. The predicted molar refractivity (Wildman–Crippen MR) is 97.2 cm³/mol. The molecule has 0 atom stereocenters. The molecule has 24 heavy (non-hydrogen) atoms. The van der Waals surface area contributed by atoms with Gasteiger partial charge in [-0.05, 0) is 36.1 Å². The maximum atomic E-state index is 11.0. The SMILES string of the molecule is COc1ccc(CN2CCCCS2)cc1-c1cccc([N+](=O)[O-])c1. The van der Waals surface area contributed by atoms with Gasteiger partial charge in [-0.15, -0.1) is 0 Å². The number of nitro benzene ring substituents is 1. The zero-order valence-corrected chi connectivity index (χ0v) is 14.4. The first-order chi connectivity index (χ1) is 11.7. The molecule has 0 amide bonds. The Morgan fingerprint density at radius 1 is 1.25 bits per heavy atom. The van der Waals surface area contributed by atoms with Crippen molar-refractivity contribution in [3.63, 3.8) is 0 Å². The van der Waals surface area contributed by atoms with E-state index in [0.717, 1.165) is 30.0 Å². The number of ether oxygens (including phenoxy) is 1. The molecule has 0 bridgehead atoms. The van der Waals surface area contributed by atoms with Gasteiger partial charge in [-0.25, -0.2) is 4.31 Å². The molecule has 0 aliphatic carbocycles. The Balaban J connectivity index is 1.91. The maximum Gasteiger partial charge on any atom is 0.270 e. The van der Waals surface area contributed by atoms with Gasteiger partial charge in [0.25, 0.3) is 5.69 Å². The Morgan fingerprint density at radius 3 is 2.83 bits per heavy atom. The molecule has 0 aromatic heterocycles. The number of rotatable bonds is 5. The summed E-state index contributed by atoms with van der Waals surface area (Å²) in [4.78, 5) is 10.7. The van der Waals surface area contributed by atoms with Crippen molar-refractivity contribution < 1.29 is 9.66 Å². The molecule has 1 saturated heterocycles. The Kier molecular flexibility index (Phi) is 5.37. The number of benzene rings is 2. The molecule has 2 aromatic carbocycles. The number of hydrogen-bond donors (Lipinski definition) is 0. The van der Waals surface area contributed by atoms with E-state index in [1.165, 1.54) is 30.2 Å². The number of methoxy groups -OCH3 is 1. The maximum absolute atomic E-state index is 11.0. The molecule has 1 fully saturated rings. The third-order valence-electron chi connectivity index (χ3n) is 4.07. The van der Waals surface area contributed by atoms with Crippen LogP contribution in [0.4, 0.5) is 5.69 Å². The van der Waals surface area contributed by atoms with Gasteiger partial charge >= 0.3 is 0 Å². The number of non-ortho nitro benzene ring substituents is 1. The van der Waals surface area contributed by atoms with Crippen LogP contribution in [0.5, 0.6) is 5.75 Å². The van der Waals surface area contributed by atoms with Crippen molar-refractivity contribution in [1.29, 1.82) is 0 Å². The minimum absolute atomic E-state index is 0.0894. The second-order valence-corrected chi connectivity index (χ2v) is 6.93. The van der Waals surface area contributed by atoms with Gasteiger partial charge in [0, 0.05) is 36.5 Å². The fourth-order valence-electron chi connectivity index (χ4n) is 2.84. The number of nitrogens with zero attached hydrogens (tertiary/aromatic N) is 2. The van der Waals surface area contributed by atoms with Crippen molar-refractivity contribution in [1.82, 2.24) is 4.31 Å². The van der Waals surface area contributed by atoms with E-state index in [-0.39, 0.29) is 10.6 Å². The lowest BCUT2D eigenvalue weighted by Crippen LogP contribution is -2.21. The van der Waals surface area contributed by atoms with Crippen LogP contribution in [0.1, 0.15) is 18.4 Å². The molecule has 1 heterocycles. The standard InChI is InChI=1S/C18H20N2O3S/c1-23-18-8-7-14(13-19-9-2-3-10-24-19)11-17(18)15-5-4-6-16(12-15)20(21)22/h4-8,11-12H,2-3,9-10,13H2,1H3. The summed E-state index contributed by atoms with van der Waals surface area (Å²) in [6, 6.07) is 12.8. The van der Waals surface area contributed by atoms with Crippen LogP contribution < -0.4 is 4.74 Å². The molecule has 1 aliphatic rings. The van der Waals surface area contributed by atoms with Crippen molar-refractivity contribution in [2.45, 2.75) is 19.4 Å². The van der Waals surface area contributed by atoms with Crippen molar-refractivity contribution in [3.8, 4) is 16.9 Å². The second kappa shape index (κ2) is 7.68. The molecule has 0 spiro atoms. The Bertz CT molecular complexity index is 730. The highest BCUT2D eigenvalue weighted by Gasteiger charge is 2.15. The van der Waals surface area contributed by atoms with Crippen molar-refractivity contribution in [2.24, 2.45) is 0 Å². The Morgan fingerprint density at radius 2 is 2.12 bits per heavy atom. The largest absolute Gasteiger partial charge is 0.496 e. The predicted octanol–water partition coefficient (Wildman–Crippen LogP) is 4.51.